The first-order valence-corrected chi connectivity index (χ1v) is 8.15. The number of aryl methyl sites for hydroxylation is 2. The number of carbonyl (C=O) groups excluding carboxylic acids is 2. The van der Waals surface area contributed by atoms with E-state index < -0.39 is 5.69 Å². The van der Waals surface area contributed by atoms with Crippen LogP contribution in [0.5, 0.6) is 0 Å². The van der Waals surface area contributed by atoms with Gasteiger partial charge in [0.2, 0.25) is 6.41 Å². The molecule has 1 aromatic heterocycles. The predicted molar refractivity (Wildman–Crippen MR) is 93.3 cm³/mol. The lowest BCUT2D eigenvalue weighted by atomic mass is 10.0. The van der Waals surface area contributed by atoms with Crippen LogP contribution in [0.3, 0.4) is 0 Å². The highest BCUT2D eigenvalue weighted by Crippen LogP contribution is 2.22. The molecule has 1 fully saturated rings. The Hall–Kier alpha value is -2.96. The van der Waals surface area contributed by atoms with Gasteiger partial charge in [-0.2, -0.15) is 4.98 Å². The van der Waals surface area contributed by atoms with Crippen LogP contribution in [-0.2, 0) is 4.79 Å². The van der Waals surface area contributed by atoms with E-state index in [0.717, 1.165) is 23.1 Å². The fraction of sp³-hybridized carbons (Fsp3) is 0.333. The maximum Gasteiger partial charge on any atom is 0.346 e. The monoisotopic (exact) mass is 340 g/mol. The average molecular weight is 340 g/mol. The van der Waals surface area contributed by atoms with E-state index in [-0.39, 0.29) is 11.6 Å². The van der Waals surface area contributed by atoms with E-state index in [1.165, 1.54) is 0 Å². The molecule has 0 spiro atoms. The van der Waals surface area contributed by atoms with Gasteiger partial charge in [0, 0.05) is 31.7 Å². The van der Waals surface area contributed by atoms with Crippen LogP contribution >= 0.6 is 0 Å². The third kappa shape index (κ3) is 3.60. The van der Waals surface area contributed by atoms with Crippen LogP contribution in [0, 0.1) is 13.8 Å². The number of nitrogens with one attached hydrogen (secondary N) is 1. The lowest BCUT2D eigenvalue weighted by molar-refractivity contribution is -0.119. The number of benzene rings is 1. The molecule has 0 unspecified atom stereocenters. The van der Waals surface area contributed by atoms with Crippen LogP contribution in [0.1, 0.15) is 21.6 Å². The summed E-state index contributed by atoms with van der Waals surface area (Å²) in [6, 6.07) is 7.53. The average Bonchev–Trinajstić information content (AvgIpc) is 2.62. The van der Waals surface area contributed by atoms with Crippen molar-refractivity contribution in [2.75, 3.05) is 26.2 Å². The Morgan fingerprint density at radius 2 is 1.88 bits per heavy atom. The fourth-order valence-corrected chi connectivity index (χ4v) is 2.92. The number of hydrogen-bond donors (Lipinski definition) is 1. The Labute approximate surface area is 145 Å². The lowest BCUT2D eigenvalue weighted by Crippen LogP contribution is -2.48. The van der Waals surface area contributed by atoms with Crippen molar-refractivity contribution in [3.63, 3.8) is 0 Å². The van der Waals surface area contributed by atoms with Crippen molar-refractivity contribution in [1.82, 2.24) is 19.8 Å². The van der Waals surface area contributed by atoms with E-state index in [9.17, 15) is 14.4 Å². The minimum Gasteiger partial charge on any atom is -0.342 e. The van der Waals surface area contributed by atoms with E-state index >= 15 is 0 Å². The molecule has 130 valence electrons. The number of H-pyrrole nitrogens is 1. The van der Waals surface area contributed by atoms with E-state index in [0.29, 0.717) is 31.9 Å². The van der Waals surface area contributed by atoms with E-state index in [4.69, 9.17) is 0 Å². The molecule has 1 aliphatic rings. The summed E-state index contributed by atoms with van der Waals surface area (Å²) in [6.45, 7) is 5.79. The topological polar surface area (TPSA) is 86.4 Å². The third-order valence-corrected chi connectivity index (χ3v) is 4.39. The highest BCUT2D eigenvalue weighted by molar-refractivity contribution is 5.93. The van der Waals surface area contributed by atoms with Gasteiger partial charge in [0.05, 0.1) is 5.69 Å². The Bertz CT molecular complexity index is 867. The molecule has 0 radical (unpaired) electrons. The molecule has 25 heavy (non-hydrogen) atoms. The maximum absolute atomic E-state index is 12.7. The summed E-state index contributed by atoms with van der Waals surface area (Å²) in [5.41, 5.74) is 3.04. The number of piperazine rings is 1. The second-order valence-corrected chi connectivity index (χ2v) is 6.24. The fourth-order valence-electron chi connectivity index (χ4n) is 2.92. The van der Waals surface area contributed by atoms with Crippen molar-refractivity contribution in [2.45, 2.75) is 13.8 Å². The zero-order valence-electron chi connectivity index (χ0n) is 14.3. The van der Waals surface area contributed by atoms with Gasteiger partial charge in [0.25, 0.3) is 5.91 Å². The van der Waals surface area contributed by atoms with Gasteiger partial charge in [-0.05, 0) is 31.5 Å². The molecule has 3 rings (SSSR count). The normalized spacial score (nSPS) is 14.5. The highest BCUT2D eigenvalue weighted by atomic mass is 16.2. The molecule has 0 bridgehead atoms. The molecule has 0 atom stereocenters. The van der Waals surface area contributed by atoms with E-state index in [1.54, 1.807) is 15.9 Å². The van der Waals surface area contributed by atoms with Crippen molar-refractivity contribution >= 4 is 12.3 Å². The summed E-state index contributed by atoms with van der Waals surface area (Å²) in [6.07, 6.45) is 0.786. The number of nitrogens with zero attached hydrogens (tertiary/aromatic N) is 3. The number of amides is 2. The van der Waals surface area contributed by atoms with Crippen LogP contribution in [0.15, 0.2) is 29.1 Å². The van der Waals surface area contributed by atoms with Crippen LogP contribution in [0.25, 0.3) is 11.3 Å². The molecule has 1 aromatic carbocycles. The molecular formula is C18H20N4O3. The molecule has 7 nitrogen and oxygen atoms in total. The van der Waals surface area contributed by atoms with Gasteiger partial charge in [0.15, 0.2) is 0 Å². The second-order valence-electron chi connectivity index (χ2n) is 6.24. The number of hydrogen-bond acceptors (Lipinski definition) is 4. The van der Waals surface area contributed by atoms with Crippen LogP contribution in [-0.4, -0.2) is 58.3 Å². The van der Waals surface area contributed by atoms with Gasteiger partial charge in [-0.1, -0.05) is 17.7 Å². The standard InChI is InChI=1S/C18H20N4O3/c1-12-3-4-13(2)14(9-12)15-10-16(20-18(25)19-15)17(24)22-7-5-21(11-23)6-8-22/h3-4,9-11H,5-8H2,1-2H3,(H,19,20,25). The quantitative estimate of drug-likeness (QED) is 0.844. The van der Waals surface area contributed by atoms with Crippen LogP contribution in [0.2, 0.25) is 0 Å². The maximum atomic E-state index is 12.7. The van der Waals surface area contributed by atoms with Gasteiger partial charge in [0.1, 0.15) is 5.69 Å². The molecule has 2 heterocycles. The Balaban J connectivity index is 1.92. The molecule has 7 heteroatoms. The summed E-state index contributed by atoms with van der Waals surface area (Å²) in [5, 5.41) is 0. The number of aromatic amines is 1. The van der Waals surface area contributed by atoms with Gasteiger partial charge >= 0.3 is 5.69 Å². The Kier molecular flexibility index (Phi) is 4.65. The van der Waals surface area contributed by atoms with Gasteiger partial charge in [-0.15, -0.1) is 0 Å². The molecule has 1 saturated heterocycles. The smallest absolute Gasteiger partial charge is 0.342 e. The van der Waals surface area contributed by atoms with Crippen LogP contribution < -0.4 is 5.69 Å². The summed E-state index contributed by atoms with van der Waals surface area (Å²) >= 11 is 0. The molecule has 2 aromatic rings. The van der Waals surface area contributed by atoms with Crippen molar-refractivity contribution in [3.05, 3.63) is 51.6 Å². The molecule has 2 amide bonds. The van der Waals surface area contributed by atoms with Gasteiger partial charge in [-0.3, -0.25) is 9.59 Å². The Morgan fingerprint density at radius 1 is 1.16 bits per heavy atom. The van der Waals surface area contributed by atoms with Crippen molar-refractivity contribution < 1.29 is 9.59 Å². The first-order chi connectivity index (χ1) is 12.0. The molecular weight excluding hydrogens is 320 g/mol. The zero-order valence-corrected chi connectivity index (χ0v) is 14.3. The molecule has 0 aliphatic carbocycles. The molecule has 1 N–H and O–H groups in total. The van der Waals surface area contributed by atoms with Gasteiger partial charge < -0.3 is 14.8 Å². The Morgan fingerprint density at radius 3 is 2.56 bits per heavy atom. The van der Waals surface area contributed by atoms with E-state index in [1.807, 2.05) is 32.0 Å². The largest absolute Gasteiger partial charge is 0.346 e. The summed E-state index contributed by atoms with van der Waals surface area (Å²) in [5.74, 6) is -0.253. The number of rotatable bonds is 3. The number of carbonyl (C=O) groups is 2. The third-order valence-electron chi connectivity index (χ3n) is 4.39. The predicted octanol–water partition coefficient (Wildman–Crippen LogP) is 0.968. The second kappa shape index (κ2) is 6.88. The minimum atomic E-state index is -0.548. The van der Waals surface area contributed by atoms with Crippen molar-refractivity contribution in [3.8, 4) is 11.3 Å². The van der Waals surface area contributed by atoms with Crippen molar-refractivity contribution in [2.24, 2.45) is 0 Å². The summed E-state index contributed by atoms with van der Waals surface area (Å²) < 4.78 is 0. The SMILES string of the molecule is Cc1ccc(C)c(-c2cc(C(=O)N3CCN(C=O)CC3)[nH]c(=O)n2)c1. The number of aromatic nitrogens is 2. The lowest BCUT2D eigenvalue weighted by Gasteiger charge is -2.32. The minimum absolute atomic E-state index is 0.218. The first kappa shape index (κ1) is 16.9. The molecule has 1 aliphatic heterocycles. The highest BCUT2D eigenvalue weighted by Gasteiger charge is 2.23. The first-order valence-electron chi connectivity index (χ1n) is 8.15. The summed E-state index contributed by atoms with van der Waals surface area (Å²) in [7, 11) is 0. The molecule has 0 saturated carbocycles. The van der Waals surface area contributed by atoms with E-state index in [2.05, 4.69) is 9.97 Å². The van der Waals surface area contributed by atoms with Crippen molar-refractivity contribution in [1.29, 1.82) is 0 Å². The van der Waals surface area contributed by atoms with Crippen LogP contribution in [0.4, 0.5) is 0 Å². The van der Waals surface area contributed by atoms with Gasteiger partial charge in [-0.25, -0.2) is 4.79 Å². The summed E-state index contributed by atoms with van der Waals surface area (Å²) in [4.78, 5) is 45.3. The zero-order chi connectivity index (χ0) is 18.0.